The van der Waals surface area contributed by atoms with Gasteiger partial charge in [-0.3, -0.25) is 19.9 Å². The van der Waals surface area contributed by atoms with Crippen LogP contribution in [0.2, 0.25) is 5.02 Å². The quantitative estimate of drug-likeness (QED) is 0.453. The van der Waals surface area contributed by atoms with Crippen molar-refractivity contribution in [3.8, 4) is 11.1 Å². The lowest BCUT2D eigenvalue weighted by molar-refractivity contribution is -0.115. The number of thioether (sulfide) groups is 1. The number of fused-ring (bicyclic) bond motifs is 1. The van der Waals surface area contributed by atoms with E-state index in [9.17, 15) is 9.59 Å². The molecule has 0 bridgehead atoms. The van der Waals surface area contributed by atoms with Crippen LogP contribution in [0.25, 0.3) is 28.1 Å². The summed E-state index contributed by atoms with van der Waals surface area (Å²) in [5, 5.41) is 2.95. The Morgan fingerprint density at radius 1 is 1.24 bits per heavy atom. The van der Waals surface area contributed by atoms with E-state index < -0.39 is 11.1 Å². The highest BCUT2D eigenvalue weighted by Crippen LogP contribution is 2.37. The molecule has 2 aromatic carbocycles. The van der Waals surface area contributed by atoms with Crippen LogP contribution in [0.4, 0.5) is 14.9 Å². The van der Waals surface area contributed by atoms with Gasteiger partial charge in [-0.25, -0.2) is 4.39 Å². The molecular formula is C24H21Cl2FN4O2S. The van der Waals surface area contributed by atoms with Gasteiger partial charge in [0.05, 0.1) is 21.1 Å². The molecule has 2 aliphatic heterocycles. The molecule has 2 aliphatic rings. The number of nitrogens with one attached hydrogen (secondary N) is 1. The predicted octanol–water partition coefficient (Wildman–Crippen LogP) is 5.37. The molecule has 34 heavy (non-hydrogen) atoms. The lowest BCUT2D eigenvalue weighted by atomic mass is 9.98. The van der Waals surface area contributed by atoms with Crippen LogP contribution in [-0.2, 0) is 4.79 Å². The minimum atomic E-state index is -0.426. The number of carbonyl (C=O) groups excluding carboxylic acids is 2. The number of rotatable bonds is 3. The zero-order chi connectivity index (χ0) is 23.1. The van der Waals surface area contributed by atoms with Crippen LogP contribution < -0.4 is 16.0 Å². The number of pyridine rings is 1. The smallest absolute Gasteiger partial charge is 0.290 e. The van der Waals surface area contributed by atoms with Crippen LogP contribution in [0.3, 0.4) is 0 Å². The minimum Gasteiger partial charge on any atom is -0.368 e. The molecule has 10 heteroatoms. The summed E-state index contributed by atoms with van der Waals surface area (Å²) < 4.78 is 15.2. The number of imide groups is 1. The molecule has 2 amide bonds. The number of carbonyl (C=O) groups is 2. The summed E-state index contributed by atoms with van der Waals surface area (Å²) in [6, 6.07) is 10.6. The Kier molecular flexibility index (Phi) is 7.14. The zero-order valence-corrected chi connectivity index (χ0v) is 20.3. The van der Waals surface area contributed by atoms with Crippen LogP contribution in [0.1, 0.15) is 18.4 Å². The summed E-state index contributed by atoms with van der Waals surface area (Å²) in [4.78, 5) is 30.0. The van der Waals surface area contributed by atoms with Crippen LogP contribution in [0.5, 0.6) is 0 Å². The van der Waals surface area contributed by atoms with E-state index in [1.54, 1.807) is 30.5 Å². The lowest BCUT2D eigenvalue weighted by Gasteiger charge is -2.33. The van der Waals surface area contributed by atoms with Gasteiger partial charge >= 0.3 is 0 Å². The number of anilines is 1. The standard InChI is InChI=1S/C24H20ClFN4O2S.ClH/c25-17-11-28-19-5-3-13(9-21-23(31)29-24(32)33-21)8-16(19)22(17)14-4-6-20(18(26)10-14)30-7-1-2-15(27)12-30;/h3-6,8-11,15H,1-2,7,12,27H2,(H,29,31,32);1H/t15-;/m0./s1. The molecule has 176 valence electrons. The molecule has 2 saturated heterocycles. The average molecular weight is 519 g/mol. The van der Waals surface area contributed by atoms with Crippen molar-refractivity contribution in [2.24, 2.45) is 5.73 Å². The van der Waals surface area contributed by atoms with Crippen LogP contribution >= 0.6 is 35.8 Å². The van der Waals surface area contributed by atoms with Crippen molar-refractivity contribution in [1.29, 1.82) is 0 Å². The summed E-state index contributed by atoms with van der Waals surface area (Å²) in [6.45, 7) is 1.40. The Morgan fingerprint density at radius 3 is 2.76 bits per heavy atom. The van der Waals surface area contributed by atoms with Gasteiger partial charge in [0.2, 0.25) is 0 Å². The predicted molar refractivity (Wildman–Crippen MR) is 138 cm³/mol. The molecule has 0 saturated carbocycles. The molecule has 1 atom stereocenters. The second-order valence-electron chi connectivity index (χ2n) is 8.12. The Labute approximate surface area is 211 Å². The van der Waals surface area contributed by atoms with Crippen molar-refractivity contribution in [2.45, 2.75) is 18.9 Å². The molecule has 3 aromatic rings. The Balaban J connectivity index is 0.00000274. The maximum atomic E-state index is 15.2. The van der Waals surface area contributed by atoms with E-state index in [0.29, 0.717) is 44.4 Å². The van der Waals surface area contributed by atoms with Crippen LogP contribution in [0.15, 0.2) is 47.5 Å². The minimum absolute atomic E-state index is 0. The summed E-state index contributed by atoms with van der Waals surface area (Å²) in [6.07, 6.45) is 5.06. The van der Waals surface area contributed by atoms with Crippen molar-refractivity contribution >= 4 is 69.6 Å². The van der Waals surface area contributed by atoms with Crippen molar-refractivity contribution in [2.75, 3.05) is 18.0 Å². The highest BCUT2D eigenvalue weighted by molar-refractivity contribution is 8.18. The molecule has 0 aliphatic carbocycles. The monoisotopic (exact) mass is 518 g/mol. The molecule has 0 radical (unpaired) electrons. The van der Waals surface area contributed by atoms with Crippen molar-refractivity contribution in [1.82, 2.24) is 10.3 Å². The summed E-state index contributed by atoms with van der Waals surface area (Å²) in [7, 11) is 0. The van der Waals surface area contributed by atoms with Gasteiger partial charge in [-0.15, -0.1) is 12.4 Å². The van der Waals surface area contributed by atoms with E-state index in [0.717, 1.165) is 36.5 Å². The van der Waals surface area contributed by atoms with Crippen molar-refractivity contribution in [3.63, 3.8) is 0 Å². The van der Waals surface area contributed by atoms with Gasteiger partial charge in [0.1, 0.15) is 5.82 Å². The second-order valence-corrected chi connectivity index (χ2v) is 9.55. The van der Waals surface area contributed by atoms with Gasteiger partial charge in [-0.2, -0.15) is 0 Å². The Hall–Kier alpha value is -2.65. The van der Waals surface area contributed by atoms with Gasteiger partial charge < -0.3 is 10.6 Å². The number of nitrogens with zero attached hydrogens (tertiary/aromatic N) is 2. The molecule has 3 N–H and O–H groups in total. The first kappa shape index (κ1) is 24.5. The molecule has 3 heterocycles. The Bertz CT molecular complexity index is 1330. The van der Waals surface area contributed by atoms with Gasteiger partial charge in [0.15, 0.2) is 0 Å². The fraction of sp³-hybridized carbons (Fsp3) is 0.208. The van der Waals surface area contributed by atoms with E-state index in [1.807, 2.05) is 17.0 Å². The molecule has 0 unspecified atom stereocenters. The number of halogens is 3. The number of benzene rings is 2. The van der Waals surface area contributed by atoms with E-state index in [4.69, 9.17) is 17.3 Å². The van der Waals surface area contributed by atoms with E-state index in [1.165, 1.54) is 6.07 Å². The van der Waals surface area contributed by atoms with Crippen molar-refractivity contribution < 1.29 is 14.0 Å². The van der Waals surface area contributed by atoms with Gasteiger partial charge in [0, 0.05) is 36.3 Å². The third-order valence-corrected chi connectivity index (χ3v) is 6.92. The fourth-order valence-corrected chi connectivity index (χ4v) is 5.23. The van der Waals surface area contributed by atoms with E-state index >= 15 is 4.39 Å². The highest BCUT2D eigenvalue weighted by Gasteiger charge is 2.25. The topological polar surface area (TPSA) is 88.3 Å². The molecule has 5 rings (SSSR count). The molecule has 1 aromatic heterocycles. The van der Waals surface area contributed by atoms with E-state index in [-0.39, 0.29) is 24.3 Å². The van der Waals surface area contributed by atoms with Gasteiger partial charge in [-0.1, -0.05) is 23.7 Å². The van der Waals surface area contributed by atoms with Gasteiger partial charge in [-0.05, 0) is 66.1 Å². The highest BCUT2D eigenvalue weighted by atomic mass is 35.5. The maximum Gasteiger partial charge on any atom is 0.290 e. The van der Waals surface area contributed by atoms with Crippen LogP contribution in [0, 0.1) is 5.82 Å². The first-order chi connectivity index (χ1) is 15.9. The average Bonchev–Trinajstić information content (AvgIpc) is 3.10. The zero-order valence-electron chi connectivity index (χ0n) is 17.9. The largest absolute Gasteiger partial charge is 0.368 e. The van der Waals surface area contributed by atoms with Crippen molar-refractivity contribution in [3.05, 3.63) is 63.9 Å². The normalized spacial score (nSPS) is 19.4. The first-order valence-electron chi connectivity index (χ1n) is 10.5. The SMILES string of the molecule is Cl.N[C@H]1CCCN(c2ccc(-c3c(Cl)cnc4ccc(C=C5SC(=O)NC5=O)cc34)cc2F)C1. The summed E-state index contributed by atoms with van der Waals surface area (Å²) >= 11 is 7.37. The number of hydrogen-bond acceptors (Lipinski definition) is 6. The Morgan fingerprint density at radius 2 is 2.06 bits per heavy atom. The lowest BCUT2D eigenvalue weighted by Crippen LogP contribution is -2.43. The number of piperidine rings is 1. The summed E-state index contributed by atoms with van der Waals surface area (Å²) in [5.41, 5.74) is 9.27. The molecular weight excluding hydrogens is 498 g/mol. The van der Waals surface area contributed by atoms with E-state index in [2.05, 4.69) is 10.3 Å². The third kappa shape index (κ3) is 4.77. The fourth-order valence-electron chi connectivity index (χ4n) is 4.29. The van der Waals surface area contributed by atoms with Gasteiger partial charge in [0.25, 0.3) is 11.1 Å². The molecule has 0 spiro atoms. The maximum absolute atomic E-state index is 15.2. The molecule has 6 nitrogen and oxygen atoms in total. The third-order valence-electron chi connectivity index (χ3n) is 5.82. The number of amides is 2. The second kappa shape index (κ2) is 9.92. The molecule has 2 fully saturated rings. The first-order valence-corrected chi connectivity index (χ1v) is 11.7. The number of hydrogen-bond donors (Lipinski definition) is 2. The number of aromatic nitrogens is 1. The number of nitrogens with two attached hydrogens (primary N) is 1. The summed E-state index contributed by atoms with van der Waals surface area (Å²) in [5.74, 6) is -0.761. The van der Waals surface area contributed by atoms with Crippen LogP contribution in [-0.4, -0.2) is 35.3 Å².